The molecule has 2 bridgehead atoms. The summed E-state index contributed by atoms with van der Waals surface area (Å²) in [5, 5.41) is 3.54. The number of hydrogen-bond donors (Lipinski definition) is 1. The molecule has 0 amide bonds. The van der Waals surface area contributed by atoms with Crippen LogP contribution in [0, 0.1) is 17.8 Å². The highest BCUT2D eigenvalue weighted by molar-refractivity contribution is 7.91. The minimum Gasteiger partial charge on any atom is -0.314 e. The van der Waals surface area contributed by atoms with Gasteiger partial charge in [-0.05, 0) is 56.9 Å². The van der Waals surface area contributed by atoms with E-state index in [4.69, 9.17) is 0 Å². The van der Waals surface area contributed by atoms with Gasteiger partial charge in [-0.15, -0.1) is 0 Å². The zero-order chi connectivity index (χ0) is 13.2. The molecule has 3 nitrogen and oxygen atoms in total. The second-order valence-electron chi connectivity index (χ2n) is 6.17. The Balaban J connectivity index is 1.65. The molecular weight excluding hydrogens is 246 g/mol. The van der Waals surface area contributed by atoms with Crippen LogP contribution in [0.2, 0.25) is 0 Å². The van der Waals surface area contributed by atoms with E-state index in [-0.39, 0.29) is 5.75 Å². The first-order chi connectivity index (χ1) is 8.52. The van der Waals surface area contributed by atoms with Crippen LogP contribution < -0.4 is 5.32 Å². The molecule has 4 heteroatoms. The molecule has 0 aromatic heterocycles. The maximum absolute atomic E-state index is 11.4. The maximum Gasteiger partial charge on any atom is 0.150 e. The predicted molar refractivity (Wildman–Crippen MR) is 75.3 cm³/mol. The normalized spacial score (nSPS) is 32.9. The van der Waals surface area contributed by atoms with Gasteiger partial charge in [0.1, 0.15) is 9.84 Å². The third-order valence-corrected chi connectivity index (χ3v) is 6.76. The summed E-state index contributed by atoms with van der Waals surface area (Å²) in [4.78, 5) is 0. The van der Waals surface area contributed by atoms with Crippen LogP contribution in [0.3, 0.4) is 0 Å². The third kappa shape index (κ3) is 3.47. The summed E-state index contributed by atoms with van der Waals surface area (Å²) in [5.74, 6) is 3.38. The molecule has 2 aliphatic carbocycles. The molecule has 106 valence electrons. The Morgan fingerprint density at radius 1 is 1.28 bits per heavy atom. The summed E-state index contributed by atoms with van der Waals surface area (Å²) in [6.07, 6.45) is 6.46. The fourth-order valence-electron chi connectivity index (χ4n) is 3.82. The highest BCUT2D eigenvalue weighted by atomic mass is 32.2. The van der Waals surface area contributed by atoms with Gasteiger partial charge in [0.25, 0.3) is 0 Å². The van der Waals surface area contributed by atoms with Crippen LogP contribution in [0.1, 0.15) is 46.0 Å². The summed E-state index contributed by atoms with van der Waals surface area (Å²) in [5.41, 5.74) is 0. The van der Waals surface area contributed by atoms with Gasteiger partial charge in [-0.2, -0.15) is 0 Å². The molecule has 2 saturated carbocycles. The standard InChI is InChI=1S/C14H27NO2S/c1-3-18(16,17)8-4-7-15-11(2)14-10-12-5-6-13(14)9-12/h11-15H,3-10H2,1-2H3. The second kappa shape index (κ2) is 5.91. The van der Waals surface area contributed by atoms with Gasteiger partial charge in [0.15, 0.2) is 0 Å². The van der Waals surface area contributed by atoms with E-state index in [1.807, 2.05) is 0 Å². The van der Waals surface area contributed by atoms with E-state index in [2.05, 4.69) is 12.2 Å². The lowest BCUT2D eigenvalue weighted by Gasteiger charge is -2.28. The average Bonchev–Trinajstić information content (AvgIpc) is 2.96. The highest BCUT2D eigenvalue weighted by Gasteiger charge is 2.41. The van der Waals surface area contributed by atoms with Crippen molar-refractivity contribution in [3.05, 3.63) is 0 Å². The van der Waals surface area contributed by atoms with Crippen molar-refractivity contribution in [3.8, 4) is 0 Å². The quantitative estimate of drug-likeness (QED) is 0.724. The van der Waals surface area contributed by atoms with E-state index in [0.717, 1.165) is 30.7 Å². The minimum absolute atomic E-state index is 0.273. The summed E-state index contributed by atoms with van der Waals surface area (Å²) < 4.78 is 22.8. The lowest BCUT2D eigenvalue weighted by molar-refractivity contribution is 0.261. The van der Waals surface area contributed by atoms with Gasteiger partial charge in [0.05, 0.1) is 5.75 Å². The molecule has 0 aliphatic heterocycles. The van der Waals surface area contributed by atoms with Crippen molar-refractivity contribution in [2.24, 2.45) is 17.8 Å². The van der Waals surface area contributed by atoms with Crippen LogP contribution >= 0.6 is 0 Å². The van der Waals surface area contributed by atoms with Crippen molar-refractivity contribution in [1.29, 1.82) is 0 Å². The van der Waals surface area contributed by atoms with Crippen molar-refractivity contribution in [3.63, 3.8) is 0 Å². The fraction of sp³-hybridized carbons (Fsp3) is 1.00. The number of sulfone groups is 1. The largest absolute Gasteiger partial charge is 0.314 e. The monoisotopic (exact) mass is 273 g/mol. The Hall–Kier alpha value is -0.0900. The van der Waals surface area contributed by atoms with Crippen LogP contribution in [0.25, 0.3) is 0 Å². The van der Waals surface area contributed by atoms with Crippen LogP contribution in [0.15, 0.2) is 0 Å². The molecule has 0 aromatic carbocycles. The van der Waals surface area contributed by atoms with Crippen molar-refractivity contribution in [2.45, 2.75) is 52.0 Å². The molecule has 0 saturated heterocycles. The van der Waals surface area contributed by atoms with E-state index >= 15 is 0 Å². The fourth-order valence-corrected chi connectivity index (χ4v) is 4.70. The average molecular weight is 273 g/mol. The van der Waals surface area contributed by atoms with Crippen LogP contribution in [0.5, 0.6) is 0 Å². The number of rotatable bonds is 7. The van der Waals surface area contributed by atoms with Crippen molar-refractivity contribution >= 4 is 9.84 Å². The zero-order valence-electron chi connectivity index (χ0n) is 11.7. The molecule has 2 fully saturated rings. The van der Waals surface area contributed by atoms with Gasteiger partial charge >= 0.3 is 0 Å². The topological polar surface area (TPSA) is 46.2 Å². The lowest BCUT2D eigenvalue weighted by Crippen LogP contribution is -2.37. The molecule has 0 spiro atoms. The van der Waals surface area contributed by atoms with Gasteiger partial charge in [0.2, 0.25) is 0 Å². The molecule has 4 unspecified atom stereocenters. The summed E-state index contributed by atoms with van der Waals surface area (Å²) >= 11 is 0. The maximum atomic E-state index is 11.4. The van der Waals surface area contributed by atoms with Gasteiger partial charge < -0.3 is 5.32 Å². The molecule has 2 aliphatic rings. The Morgan fingerprint density at radius 2 is 2.06 bits per heavy atom. The summed E-state index contributed by atoms with van der Waals surface area (Å²) in [6, 6.07) is 0.560. The van der Waals surface area contributed by atoms with E-state index in [0.29, 0.717) is 11.8 Å². The SMILES string of the molecule is CCS(=O)(=O)CCCNC(C)C1CC2CCC1C2. The lowest BCUT2D eigenvalue weighted by atomic mass is 9.84. The first-order valence-corrected chi connectivity index (χ1v) is 9.27. The van der Waals surface area contributed by atoms with E-state index in [9.17, 15) is 8.42 Å². The molecule has 1 N–H and O–H groups in total. The Labute approximate surface area is 112 Å². The van der Waals surface area contributed by atoms with Crippen molar-refractivity contribution < 1.29 is 8.42 Å². The van der Waals surface area contributed by atoms with E-state index in [1.54, 1.807) is 6.92 Å². The Bertz CT molecular complexity index is 366. The van der Waals surface area contributed by atoms with Gasteiger partial charge in [-0.3, -0.25) is 0 Å². The molecular formula is C14H27NO2S. The molecule has 18 heavy (non-hydrogen) atoms. The van der Waals surface area contributed by atoms with Crippen LogP contribution in [-0.2, 0) is 9.84 Å². The van der Waals surface area contributed by atoms with E-state index < -0.39 is 9.84 Å². The van der Waals surface area contributed by atoms with Crippen molar-refractivity contribution in [1.82, 2.24) is 5.32 Å². The second-order valence-corrected chi connectivity index (χ2v) is 8.64. The molecule has 0 heterocycles. The first kappa shape index (κ1) is 14.3. The minimum atomic E-state index is -2.78. The Morgan fingerprint density at radius 3 is 2.61 bits per heavy atom. The van der Waals surface area contributed by atoms with Gasteiger partial charge in [0, 0.05) is 11.8 Å². The summed E-state index contributed by atoms with van der Waals surface area (Å²) in [6.45, 7) is 4.84. The first-order valence-electron chi connectivity index (χ1n) is 7.45. The molecule has 0 aromatic rings. The predicted octanol–water partition coefficient (Wildman–Crippen LogP) is 2.23. The highest BCUT2D eigenvalue weighted by Crippen LogP contribution is 2.49. The van der Waals surface area contributed by atoms with Crippen molar-refractivity contribution in [2.75, 3.05) is 18.1 Å². The molecule has 0 radical (unpaired) electrons. The van der Waals surface area contributed by atoms with Gasteiger partial charge in [-0.1, -0.05) is 13.3 Å². The zero-order valence-corrected chi connectivity index (χ0v) is 12.5. The van der Waals surface area contributed by atoms with Crippen LogP contribution in [-0.4, -0.2) is 32.5 Å². The Kier molecular flexibility index (Phi) is 4.70. The summed E-state index contributed by atoms with van der Waals surface area (Å²) in [7, 11) is -2.78. The third-order valence-electron chi connectivity index (χ3n) is 4.97. The molecule has 2 rings (SSSR count). The smallest absolute Gasteiger partial charge is 0.150 e. The van der Waals surface area contributed by atoms with E-state index in [1.165, 1.54) is 25.7 Å². The molecule has 4 atom stereocenters. The van der Waals surface area contributed by atoms with Gasteiger partial charge in [-0.25, -0.2) is 8.42 Å². The number of fused-ring (bicyclic) bond motifs is 2. The number of nitrogens with one attached hydrogen (secondary N) is 1. The number of hydrogen-bond acceptors (Lipinski definition) is 3. The van der Waals surface area contributed by atoms with Crippen LogP contribution in [0.4, 0.5) is 0 Å².